The van der Waals surface area contributed by atoms with E-state index < -0.39 is 0 Å². The second-order valence-corrected chi connectivity index (χ2v) is 5.63. The Morgan fingerprint density at radius 1 is 1.15 bits per heavy atom. The Balaban J connectivity index is 1.57. The molecule has 1 aromatic heterocycles. The van der Waals surface area contributed by atoms with Crippen molar-refractivity contribution in [2.75, 3.05) is 26.2 Å². The molecule has 1 N–H and O–H groups in total. The van der Waals surface area contributed by atoms with Crippen LogP contribution in [0.4, 0.5) is 0 Å². The van der Waals surface area contributed by atoms with Gasteiger partial charge in [-0.25, -0.2) is 0 Å². The van der Waals surface area contributed by atoms with Crippen molar-refractivity contribution in [2.24, 2.45) is 0 Å². The zero-order chi connectivity index (χ0) is 13.9. The Labute approximate surface area is 119 Å². The van der Waals surface area contributed by atoms with Crippen molar-refractivity contribution in [3.05, 3.63) is 30.1 Å². The molecule has 0 spiro atoms. The Hall–Kier alpha value is -1.46. The summed E-state index contributed by atoms with van der Waals surface area (Å²) in [6.07, 6.45) is 6.23. The molecule has 1 saturated heterocycles. The number of aliphatic hydroxyl groups excluding tert-OH is 1. The Morgan fingerprint density at radius 2 is 1.85 bits per heavy atom. The van der Waals surface area contributed by atoms with Gasteiger partial charge in [0.1, 0.15) is 0 Å². The molecule has 5 heteroatoms. The van der Waals surface area contributed by atoms with Crippen molar-refractivity contribution in [1.29, 1.82) is 0 Å². The van der Waals surface area contributed by atoms with Crippen LogP contribution < -0.4 is 0 Å². The zero-order valence-corrected chi connectivity index (χ0v) is 11.6. The van der Waals surface area contributed by atoms with Crippen molar-refractivity contribution in [1.82, 2.24) is 14.8 Å². The van der Waals surface area contributed by atoms with Crippen LogP contribution >= 0.6 is 0 Å². The van der Waals surface area contributed by atoms with E-state index in [1.165, 1.54) is 0 Å². The van der Waals surface area contributed by atoms with E-state index in [1.807, 2.05) is 4.90 Å². The summed E-state index contributed by atoms with van der Waals surface area (Å²) in [6, 6.07) is 3.82. The van der Waals surface area contributed by atoms with Gasteiger partial charge in [-0.2, -0.15) is 0 Å². The first kappa shape index (κ1) is 13.5. The van der Waals surface area contributed by atoms with E-state index in [0.29, 0.717) is 11.6 Å². The summed E-state index contributed by atoms with van der Waals surface area (Å²) >= 11 is 0. The molecule has 2 fully saturated rings. The molecule has 1 aliphatic heterocycles. The summed E-state index contributed by atoms with van der Waals surface area (Å²) in [5.74, 6) is 0.0824. The van der Waals surface area contributed by atoms with Gasteiger partial charge in [0.05, 0.1) is 6.10 Å². The highest BCUT2D eigenvalue weighted by atomic mass is 16.3. The number of piperazine rings is 1. The number of hydrogen-bond acceptors (Lipinski definition) is 4. The van der Waals surface area contributed by atoms with Gasteiger partial charge in [-0.05, 0) is 31.4 Å². The fourth-order valence-electron chi connectivity index (χ4n) is 3.28. The number of nitrogens with zero attached hydrogens (tertiary/aromatic N) is 3. The number of rotatable bonds is 2. The fourth-order valence-corrected chi connectivity index (χ4v) is 3.28. The quantitative estimate of drug-likeness (QED) is 0.865. The standard InChI is InChI=1S/C15H21N3O2/c19-14-3-1-2-13(14)17-8-10-18(11-9-17)15(20)12-4-6-16-7-5-12/h4-7,13-14,19H,1-3,8-11H2/t13-,14+/m0/s1. The van der Waals surface area contributed by atoms with E-state index in [0.717, 1.165) is 45.4 Å². The van der Waals surface area contributed by atoms with Crippen LogP contribution in [0, 0.1) is 0 Å². The van der Waals surface area contributed by atoms with Crippen LogP contribution in [0.3, 0.4) is 0 Å². The molecule has 5 nitrogen and oxygen atoms in total. The van der Waals surface area contributed by atoms with Crippen LogP contribution in [-0.4, -0.2) is 64.1 Å². The molecule has 1 amide bonds. The summed E-state index contributed by atoms with van der Waals surface area (Å²) in [5.41, 5.74) is 0.703. The lowest BCUT2D eigenvalue weighted by Gasteiger charge is -2.39. The minimum absolute atomic E-state index is 0.0824. The number of aliphatic hydroxyl groups is 1. The summed E-state index contributed by atoms with van der Waals surface area (Å²) in [7, 11) is 0. The molecule has 108 valence electrons. The Morgan fingerprint density at radius 3 is 2.45 bits per heavy atom. The molecule has 3 rings (SSSR count). The van der Waals surface area contributed by atoms with E-state index >= 15 is 0 Å². The fraction of sp³-hybridized carbons (Fsp3) is 0.600. The summed E-state index contributed by atoms with van der Waals surface area (Å²) in [4.78, 5) is 20.5. The lowest BCUT2D eigenvalue weighted by Crippen LogP contribution is -2.53. The minimum atomic E-state index is -0.183. The van der Waals surface area contributed by atoms with Crippen molar-refractivity contribution in [3.63, 3.8) is 0 Å². The maximum absolute atomic E-state index is 12.3. The normalized spacial score (nSPS) is 27.8. The number of aromatic nitrogens is 1. The third-order valence-corrected chi connectivity index (χ3v) is 4.44. The SMILES string of the molecule is O=C(c1ccncc1)N1CCN([C@H]2CCC[C@H]2O)CC1. The first-order valence-electron chi connectivity index (χ1n) is 7.37. The van der Waals surface area contributed by atoms with Gasteiger partial charge in [0, 0.05) is 50.2 Å². The minimum Gasteiger partial charge on any atom is -0.391 e. The molecular weight excluding hydrogens is 254 g/mol. The second kappa shape index (κ2) is 5.89. The molecule has 0 radical (unpaired) electrons. The van der Waals surface area contributed by atoms with Crippen molar-refractivity contribution in [3.8, 4) is 0 Å². The molecule has 1 aromatic rings. The highest BCUT2D eigenvalue weighted by Gasteiger charge is 2.33. The van der Waals surface area contributed by atoms with Crippen LogP contribution in [0.2, 0.25) is 0 Å². The number of amides is 1. The zero-order valence-electron chi connectivity index (χ0n) is 11.6. The first-order chi connectivity index (χ1) is 9.75. The molecule has 1 aliphatic carbocycles. The van der Waals surface area contributed by atoms with E-state index in [1.54, 1.807) is 24.5 Å². The summed E-state index contributed by atoms with van der Waals surface area (Å²) in [5, 5.41) is 9.97. The van der Waals surface area contributed by atoms with Crippen LogP contribution in [0.15, 0.2) is 24.5 Å². The van der Waals surface area contributed by atoms with E-state index in [9.17, 15) is 9.90 Å². The van der Waals surface area contributed by atoms with Gasteiger partial charge in [-0.3, -0.25) is 14.7 Å². The summed E-state index contributed by atoms with van der Waals surface area (Å²) < 4.78 is 0. The largest absolute Gasteiger partial charge is 0.391 e. The molecular formula is C15H21N3O2. The number of hydrogen-bond donors (Lipinski definition) is 1. The molecule has 0 aromatic carbocycles. The maximum atomic E-state index is 12.3. The predicted molar refractivity (Wildman–Crippen MR) is 75.4 cm³/mol. The summed E-state index contributed by atoms with van der Waals surface area (Å²) in [6.45, 7) is 3.20. The lowest BCUT2D eigenvalue weighted by molar-refractivity contribution is 0.0315. The van der Waals surface area contributed by atoms with Crippen molar-refractivity contribution < 1.29 is 9.90 Å². The first-order valence-corrected chi connectivity index (χ1v) is 7.37. The molecule has 1 saturated carbocycles. The Bertz CT molecular complexity index is 457. The van der Waals surface area contributed by atoms with Gasteiger partial charge in [0.25, 0.3) is 5.91 Å². The third-order valence-electron chi connectivity index (χ3n) is 4.44. The highest BCUT2D eigenvalue weighted by molar-refractivity contribution is 5.94. The number of pyridine rings is 1. The van der Waals surface area contributed by atoms with Gasteiger partial charge in [0.15, 0.2) is 0 Å². The second-order valence-electron chi connectivity index (χ2n) is 5.63. The van der Waals surface area contributed by atoms with E-state index in [4.69, 9.17) is 0 Å². The molecule has 0 unspecified atom stereocenters. The van der Waals surface area contributed by atoms with Crippen LogP contribution in [0.25, 0.3) is 0 Å². The third kappa shape index (κ3) is 2.69. The molecule has 0 bridgehead atoms. The average molecular weight is 275 g/mol. The molecule has 20 heavy (non-hydrogen) atoms. The van der Waals surface area contributed by atoms with Gasteiger partial charge in [-0.15, -0.1) is 0 Å². The molecule has 2 aliphatic rings. The van der Waals surface area contributed by atoms with E-state index in [2.05, 4.69) is 9.88 Å². The van der Waals surface area contributed by atoms with Gasteiger partial charge in [0.2, 0.25) is 0 Å². The predicted octanol–water partition coefficient (Wildman–Crippen LogP) is 0.753. The topological polar surface area (TPSA) is 56.7 Å². The average Bonchev–Trinajstić information content (AvgIpc) is 2.94. The highest BCUT2D eigenvalue weighted by Crippen LogP contribution is 2.25. The molecule has 2 atom stereocenters. The van der Waals surface area contributed by atoms with Gasteiger partial charge >= 0.3 is 0 Å². The van der Waals surface area contributed by atoms with Gasteiger partial charge in [-0.1, -0.05) is 0 Å². The van der Waals surface area contributed by atoms with E-state index in [-0.39, 0.29) is 12.0 Å². The molecule has 2 heterocycles. The monoisotopic (exact) mass is 275 g/mol. The lowest BCUT2D eigenvalue weighted by atomic mass is 10.1. The van der Waals surface area contributed by atoms with Crippen molar-refractivity contribution >= 4 is 5.91 Å². The van der Waals surface area contributed by atoms with Gasteiger partial charge < -0.3 is 10.0 Å². The number of carbonyl (C=O) groups excluding carboxylic acids is 1. The van der Waals surface area contributed by atoms with Crippen LogP contribution in [0.5, 0.6) is 0 Å². The smallest absolute Gasteiger partial charge is 0.254 e. The number of carbonyl (C=O) groups is 1. The Kier molecular flexibility index (Phi) is 3.98. The maximum Gasteiger partial charge on any atom is 0.254 e. The van der Waals surface area contributed by atoms with Crippen molar-refractivity contribution in [2.45, 2.75) is 31.4 Å². The van der Waals surface area contributed by atoms with Crippen LogP contribution in [0.1, 0.15) is 29.6 Å². The van der Waals surface area contributed by atoms with Crippen LogP contribution in [-0.2, 0) is 0 Å².